The summed E-state index contributed by atoms with van der Waals surface area (Å²) in [5.41, 5.74) is 1.06. The van der Waals surface area contributed by atoms with Gasteiger partial charge in [-0.1, -0.05) is 12.5 Å². The van der Waals surface area contributed by atoms with E-state index >= 15 is 0 Å². The summed E-state index contributed by atoms with van der Waals surface area (Å²) in [6, 6.07) is 0. The highest BCUT2D eigenvalue weighted by atomic mass is 32.2. The second-order valence-corrected chi connectivity index (χ2v) is 4.76. The van der Waals surface area contributed by atoms with Crippen LogP contribution in [-0.4, -0.2) is 14.2 Å². The van der Waals surface area contributed by atoms with Crippen LogP contribution < -0.4 is 0 Å². The van der Waals surface area contributed by atoms with Crippen molar-refractivity contribution in [1.29, 1.82) is 0 Å². The molecule has 0 aromatic heterocycles. The maximum Gasteiger partial charge on any atom is 0.174 e. The van der Waals surface area contributed by atoms with Crippen molar-refractivity contribution in [3.63, 3.8) is 0 Å². The minimum atomic E-state index is -2.81. The van der Waals surface area contributed by atoms with Gasteiger partial charge in [0.15, 0.2) is 9.84 Å². The number of hydrogen-bond acceptors (Lipinski definition) is 2. The van der Waals surface area contributed by atoms with Crippen LogP contribution in [0.2, 0.25) is 0 Å². The first kappa shape index (κ1) is 7.79. The Hall–Kier alpha value is -0.310. The van der Waals surface area contributed by atoms with Gasteiger partial charge in [-0.15, -0.1) is 0 Å². The van der Waals surface area contributed by atoms with Crippen molar-refractivity contribution >= 4 is 9.84 Å². The molecule has 1 heterocycles. The van der Waals surface area contributed by atoms with Crippen LogP contribution in [0.15, 0.2) is 10.5 Å². The van der Waals surface area contributed by atoms with Crippen LogP contribution in [0.25, 0.3) is 0 Å². The van der Waals surface area contributed by atoms with Gasteiger partial charge in [0.05, 0.1) is 5.75 Å². The number of hydrogen-bond donors (Lipinski definition) is 0. The lowest BCUT2D eigenvalue weighted by Gasteiger charge is -1.96. The third kappa shape index (κ3) is 1.10. The molecule has 0 saturated heterocycles. The fraction of sp³-hybridized carbons (Fsp3) is 0.714. The smallest absolute Gasteiger partial charge is 0.174 e. The summed E-state index contributed by atoms with van der Waals surface area (Å²) in [5, 5.41) is 0. The van der Waals surface area contributed by atoms with Crippen molar-refractivity contribution in [2.75, 3.05) is 5.75 Å². The average Bonchev–Trinajstić information content (AvgIpc) is 2.07. The first-order chi connectivity index (χ1) is 4.58. The van der Waals surface area contributed by atoms with Crippen molar-refractivity contribution < 1.29 is 8.42 Å². The van der Waals surface area contributed by atoms with E-state index in [1.165, 1.54) is 0 Å². The Morgan fingerprint density at radius 2 is 2.10 bits per heavy atom. The van der Waals surface area contributed by atoms with Crippen molar-refractivity contribution in [3.05, 3.63) is 10.5 Å². The number of sulfone groups is 1. The zero-order valence-electron chi connectivity index (χ0n) is 6.35. The van der Waals surface area contributed by atoms with Gasteiger partial charge in [-0.25, -0.2) is 8.42 Å². The monoisotopic (exact) mass is 160 g/mol. The Bertz CT molecular complexity index is 259. The molecule has 1 aliphatic heterocycles. The summed E-state index contributed by atoms with van der Waals surface area (Å²) in [4.78, 5) is 0.674. The third-order valence-corrected chi connectivity index (χ3v) is 4.05. The van der Waals surface area contributed by atoms with E-state index in [9.17, 15) is 8.42 Å². The second-order valence-electron chi connectivity index (χ2n) is 2.63. The van der Waals surface area contributed by atoms with E-state index in [4.69, 9.17) is 0 Å². The zero-order valence-corrected chi connectivity index (χ0v) is 7.16. The molecule has 0 bridgehead atoms. The molecular weight excluding hydrogens is 148 g/mol. The van der Waals surface area contributed by atoms with E-state index in [-0.39, 0.29) is 0 Å². The van der Waals surface area contributed by atoms with E-state index < -0.39 is 9.84 Å². The van der Waals surface area contributed by atoms with Gasteiger partial charge in [0.25, 0.3) is 0 Å². The summed E-state index contributed by atoms with van der Waals surface area (Å²) in [6.07, 6.45) is 1.40. The molecule has 0 spiro atoms. The quantitative estimate of drug-likeness (QED) is 0.582. The van der Waals surface area contributed by atoms with Crippen LogP contribution >= 0.6 is 0 Å². The lowest BCUT2D eigenvalue weighted by Crippen LogP contribution is -2.00. The largest absolute Gasteiger partial charge is 0.224 e. The number of allylic oxidation sites excluding steroid dienone is 2. The summed E-state index contributed by atoms with van der Waals surface area (Å²) in [7, 11) is -2.81. The first-order valence-corrected chi connectivity index (χ1v) is 5.14. The molecule has 58 valence electrons. The Morgan fingerprint density at radius 1 is 1.50 bits per heavy atom. The van der Waals surface area contributed by atoms with Gasteiger partial charge < -0.3 is 0 Å². The Morgan fingerprint density at radius 3 is 2.30 bits per heavy atom. The lowest BCUT2D eigenvalue weighted by molar-refractivity contribution is 0.603. The van der Waals surface area contributed by atoms with E-state index in [0.717, 1.165) is 12.0 Å². The Labute approximate surface area is 61.9 Å². The molecule has 0 aliphatic carbocycles. The molecule has 0 aromatic carbocycles. The summed E-state index contributed by atoms with van der Waals surface area (Å²) < 4.78 is 22.3. The maximum absolute atomic E-state index is 11.1. The molecule has 2 nitrogen and oxygen atoms in total. The molecule has 0 unspecified atom stereocenters. The van der Waals surface area contributed by atoms with Crippen LogP contribution in [0.3, 0.4) is 0 Å². The standard InChI is InChI=1S/C7H12O2S/c1-3-7-6(2)4-5-10(7,8)9/h3-5H2,1-2H3. The second kappa shape index (κ2) is 2.38. The van der Waals surface area contributed by atoms with Crippen LogP contribution in [0.4, 0.5) is 0 Å². The summed E-state index contributed by atoms with van der Waals surface area (Å²) >= 11 is 0. The van der Waals surface area contributed by atoms with Gasteiger partial charge in [-0.2, -0.15) is 0 Å². The normalized spacial score (nSPS) is 23.8. The van der Waals surface area contributed by atoms with E-state index in [2.05, 4.69) is 0 Å². The highest BCUT2D eigenvalue weighted by Gasteiger charge is 2.24. The minimum absolute atomic E-state index is 0.335. The topological polar surface area (TPSA) is 34.1 Å². The molecule has 0 radical (unpaired) electrons. The van der Waals surface area contributed by atoms with E-state index in [0.29, 0.717) is 17.1 Å². The highest BCUT2D eigenvalue weighted by molar-refractivity contribution is 7.95. The van der Waals surface area contributed by atoms with Crippen molar-refractivity contribution in [3.8, 4) is 0 Å². The van der Waals surface area contributed by atoms with Crippen LogP contribution in [0, 0.1) is 0 Å². The van der Waals surface area contributed by atoms with Gasteiger partial charge >= 0.3 is 0 Å². The van der Waals surface area contributed by atoms with E-state index in [1.54, 1.807) is 0 Å². The molecule has 0 N–H and O–H groups in total. The van der Waals surface area contributed by atoms with Crippen molar-refractivity contribution in [2.24, 2.45) is 0 Å². The average molecular weight is 160 g/mol. The third-order valence-electron chi connectivity index (χ3n) is 1.92. The molecule has 0 saturated carbocycles. The Kier molecular flexibility index (Phi) is 1.86. The molecule has 3 heteroatoms. The van der Waals surface area contributed by atoms with Gasteiger partial charge in [-0.05, 0) is 19.8 Å². The predicted octanol–water partition coefficient (Wildman–Crippen LogP) is 1.49. The van der Waals surface area contributed by atoms with Crippen LogP contribution in [0.1, 0.15) is 26.7 Å². The zero-order chi connectivity index (χ0) is 7.78. The lowest BCUT2D eigenvalue weighted by atomic mass is 10.2. The highest BCUT2D eigenvalue weighted by Crippen LogP contribution is 2.26. The van der Waals surface area contributed by atoms with Crippen LogP contribution in [0.5, 0.6) is 0 Å². The van der Waals surface area contributed by atoms with E-state index in [1.807, 2.05) is 13.8 Å². The SMILES string of the molecule is CCC1=C(C)CCS1(=O)=O. The molecule has 0 amide bonds. The maximum atomic E-state index is 11.1. The number of rotatable bonds is 1. The molecule has 0 fully saturated rings. The van der Waals surface area contributed by atoms with Crippen LogP contribution in [-0.2, 0) is 9.84 Å². The van der Waals surface area contributed by atoms with Crippen molar-refractivity contribution in [2.45, 2.75) is 26.7 Å². The summed E-state index contributed by atoms with van der Waals surface area (Å²) in [5.74, 6) is 0.335. The van der Waals surface area contributed by atoms with Gasteiger partial charge in [0.1, 0.15) is 0 Å². The Balaban J connectivity index is 3.11. The fourth-order valence-corrected chi connectivity index (χ4v) is 3.23. The van der Waals surface area contributed by atoms with Crippen molar-refractivity contribution in [1.82, 2.24) is 0 Å². The minimum Gasteiger partial charge on any atom is -0.224 e. The molecule has 0 atom stereocenters. The molecule has 1 rings (SSSR count). The first-order valence-electron chi connectivity index (χ1n) is 3.49. The predicted molar refractivity (Wildman–Crippen MR) is 41.4 cm³/mol. The summed E-state index contributed by atoms with van der Waals surface area (Å²) in [6.45, 7) is 3.80. The fourth-order valence-electron chi connectivity index (χ4n) is 1.34. The molecule has 10 heavy (non-hydrogen) atoms. The van der Waals surface area contributed by atoms with Gasteiger partial charge in [0.2, 0.25) is 0 Å². The van der Waals surface area contributed by atoms with Gasteiger partial charge in [0, 0.05) is 4.91 Å². The molecule has 0 aromatic rings. The molecular formula is C7H12O2S. The molecule has 1 aliphatic rings. The van der Waals surface area contributed by atoms with Gasteiger partial charge in [-0.3, -0.25) is 0 Å².